The van der Waals surface area contributed by atoms with Crippen LogP contribution in [0.1, 0.15) is 12.1 Å². The Bertz CT molecular complexity index is 492. The molecule has 1 aliphatic heterocycles. The molecule has 1 aliphatic rings. The van der Waals surface area contributed by atoms with Gasteiger partial charge in [0, 0.05) is 32.9 Å². The van der Waals surface area contributed by atoms with Gasteiger partial charge in [0.2, 0.25) is 11.8 Å². The highest BCUT2D eigenvalue weighted by Crippen LogP contribution is 2.16. The molecule has 6 nitrogen and oxygen atoms in total. The lowest BCUT2D eigenvalue weighted by Crippen LogP contribution is -2.38. The van der Waals surface area contributed by atoms with Gasteiger partial charge in [-0.15, -0.1) is 0 Å². The van der Waals surface area contributed by atoms with Crippen LogP contribution in [0.15, 0.2) is 24.4 Å². The molecular formula is C15H22N4O2. The first-order valence-electron chi connectivity index (χ1n) is 7.18. The molecule has 114 valence electrons. The first kappa shape index (κ1) is 15.4. The van der Waals surface area contributed by atoms with Crippen molar-refractivity contribution in [3.8, 4) is 0 Å². The maximum Gasteiger partial charge on any atom is 0.236 e. The molecule has 6 heteroatoms. The van der Waals surface area contributed by atoms with Crippen molar-refractivity contribution >= 4 is 11.8 Å². The second-order valence-corrected chi connectivity index (χ2v) is 5.43. The molecule has 2 rings (SSSR count). The zero-order valence-electron chi connectivity index (χ0n) is 12.6. The van der Waals surface area contributed by atoms with Gasteiger partial charge in [-0.3, -0.25) is 19.5 Å². The largest absolute Gasteiger partial charge is 0.359 e. The molecule has 1 aromatic heterocycles. The average Bonchev–Trinajstić information content (AvgIpc) is 2.97. The smallest absolute Gasteiger partial charge is 0.236 e. The fourth-order valence-corrected chi connectivity index (χ4v) is 2.56. The minimum Gasteiger partial charge on any atom is -0.359 e. The van der Waals surface area contributed by atoms with E-state index < -0.39 is 0 Å². The fraction of sp³-hybridized carbons (Fsp3) is 0.533. The Kier molecular flexibility index (Phi) is 5.27. The van der Waals surface area contributed by atoms with Crippen LogP contribution in [-0.4, -0.2) is 60.3 Å². The maximum absolute atomic E-state index is 12.2. The molecule has 1 fully saturated rings. The van der Waals surface area contributed by atoms with Gasteiger partial charge in [0.05, 0.1) is 18.2 Å². The number of carbonyl (C=O) groups excluding carboxylic acids is 2. The van der Waals surface area contributed by atoms with Gasteiger partial charge < -0.3 is 10.2 Å². The minimum absolute atomic E-state index is 0.0205. The van der Waals surface area contributed by atoms with Crippen molar-refractivity contribution in [2.75, 3.05) is 33.7 Å². The zero-order valence-corrected chi connectivity index (χ0v) is 12.6. The number of rotatable bonds is 5. The molecule has 2 amide bonds. The van der Waals surface area contributed by atoms with Crippen LogP contribution in [-0.2, 0) is 16.1 Å². The van der Waals surface area contributed by atoms with Crippen LogP contribution in [0.5, 0.6) is 0 Å². The molecule has 0 aliphatic carbocycles. The summed E-state index contributed by atoms with van der Waals surface area (Å²) in [5, 5.41) is 2.64. The first-order valence-corrected chi connectivity index (χ1v) is 7.18. The Morgan fingerprint density at radius 2 is 2.29 bits per heavy atom. The Labute approximate surface area is 125 Å². The summed E-state index contributed by atoms with van der Waals surface area (Å²) in [4.78, 5) is 31.8. The third kappa shape index (κ3) is 4.26. The van der Waals surface area contributed by atoms with Crippen LogP contribution < -0.4 is 5.32 Å². The van der Waals surface area contributed by atoms with Gasteiger partial charge in [-0.2, -0.15) is 0 Å². The van der Waals surface area contributed by atoms with Crippen LogP contribution in [0, 0.1) is 5.92 Å². The van der Waals surface area contributed by atoms with Gasteiger partial charge in [0.15, 0.2) is 0 Å². The highest BCUT2D eigenvalue weighted by atomic mass is 16.2. The lowest BCUT2D eigenvalue weighted by Gasteiger charge is -2.21. The highest BCUT2D eigenvalue weighted by molar-refractivity contribution is 5.82. The maximum atomic E-state index is 12.2. The van der Waals surface area contributed by atoms with Gasteiger partial charge in [0.1, 0.15) is 0 Å². The van der Waals surface area contributed by atoms with Crippen molar-refractivity contribution < 1.29 is 9.59 Å². The Balaban J connectivity index is 1.80. The summed E-state index contributed by atoms with van der Waals surface area (Å²) < 4.78 is 0. The second-order valence-electron chi connectivity index (χ2n) is 5.43. The first-order chi connectivity index (χ1) is 10.1. The van der Waals surface area contributed by atoms with Gasteiger partial charge in [0.25, 0.3) is 0 Å². The molecule has 1 atom stereocenters. The van der Waals surface area contributed by atoms with E-state index in [-0.39, 0.29) is 17.7 Å². The number of aromatic nitrogens is 1. The van der Waals surface area contributed by atoms with E-state index >= 15 is 0 Å². The predicted octanol–water partition coefficient (Wildman–Crippen LogP) is 0.108. The number of carbonyl (C=O) groups is 2. The van der Waals surface area contributed by atoms with Crippen molar-refractivity contribution in [1.29, 1.82) is 0 Å². The number of nitrogens with zero attached hydrogens (tertiary/aromatic N) is 3. The Morgan fingerprint density at radius 1 is 1.48 bits per heavy atom. The molecule has 0 spiro atoms. The molecule has 2 heterocycles. The number of likely N-dealkylation sites (tertiary alicyclic amines) is 1. The number of hydrogen-bond donors (Lipinski definition) is 1. The van der Waals surface area contributed by atoms with Crippen LogP contribution >= 0.6 is 0 Å². The summed E-state index contributed by atoms with van der Waals surface area (Å²) in [5.41, 5.74) is 0.942. The summed E-state index contributed by atoms with van der Waals surface area (Å²) >= 11 is 0. The summed E-state index contributed by atoms with van der Waals surface area (Å²) in [6.45, 7) is 2.17. The molecule has 0 aromatic carbocycles. The number of nitrogens with one attached hydrogen (secondary N) is 1. The fourth-order valence-electron chi connectivity index (χ4n) is 2.56. The lowest BCUT2D eigenvalue weighted by atomic mass is 10.1. The molecule has 0 radical (unpaired) electrons. The molecule has 0 unspecified atom stereocenters. The van der Waals surface area contributed by atoms with E-state index in [0.717, 1.165) is 12.1 Å². The highest BCUT2D eigenvalue weighted by Gasteiger charge is 2.30. The standard InChI is InChI=1S/C15H22N4O2/c1-16-15(21)12-6-8-19(9-12)14(20)11-18(2)10-13-5-3-4-7-17-13/h3-5,7,12H,6,8-11H2,1-2H3,(H,16,21)/t12-/m0/s1. The zero-order chi connectivity index (χ0) is 15.2. The molecule has 21 heavy (non-hydrogen) atoms. The van der Waals surface area contributed by atoms with Crippen LogP contribution in [0.25, 0.3) is 0 Å². The van der Waals surface area contributed by atoms with Crippen LogP contribution in [0.3, 0.4) is 0 Å². The Hall–Kier alpha value is -1.95. The monoisotopic (exact) mass is 290 g/mol. The number of pyridine rings is 1. The number of hydrogen-bond acceptors (Lipinski definition) is 4. The van der Waals surface area contributed by atoms with Gasteiger partial charge in [-0.1, -0.05) is 6.07 Å². The quantitative estimate of drug-likeness (QED) is 0.836. The van der Waals surface area contributed by atoms with E-state index in [9.17, 15) is 9.59 Å². The van der Waals surface area contributed by atoms with E-state index in [2.05, 4.69) is 10.3 Å². The summed E-state index contributed by atoms with van der Waals surface area (Å²) in [6.07, 6.45) is 2.49. The van der Waals surface area contributed by atoms with Crippen LogP contribution in [0.2, 0.25) is 0 Å². The Morgan fingerprint density at radius 3 is 2.95 bits per heavy atom. The number of likely N-dealkylation sites (N-methyl/N-ethyl adjacent to an activating group) is 1. The lowest BCUT2D eigenvalue weighted by molar-refractivity contribution is -0.131. The van der Waals surface area contributed by atoms with Crippen molar-refractivity contribution in [2.24, 2.45) is 5.92 Å². The van der Waals surface area contributed by atoms with Crippen LogP contribution in [0.4, 0.5) is 0 Å². The van der Waals surface area contributed by atoms with E-state index in [1.54, 1.807) is 18.1 Å². The topological polar surface area (TPSA) is 65.5 Å². The van der Waals surface area contributed by atoms with Crippen molar-refractivity contribution in [3.05, 3.63) is 30.1 Å². The summed E-state index contributed by atoms with van der Waals surface area (Å²) in [6, 6.07) is 5.75. The summed E-state index contributed by atoms with van der Waals surface area (Å²) in [5.74, 6) is 0.0204. The molecular weight excluding hydrogens is 268 g/mol. The number of amides is 2. The minimum atomic E-state index is -0.0694. The molecule has 0 bridgehead atoms. The molecule has 0 saturated carbocycles. The van der Waals surface area contributed by atoms with Gasteiger partial charge in [-0.05, 0) is 25.6 Å². The van der Waals surface area contributed by atoms with Gasteiger partial charge >= 0.3 is 0 Å². The van der Waals surface area contributed by atoms with Crippen molar-refractivity contribution in [3.63, 3.8) is 0 Å². The molecule has 1 saturated heterocycles. The van der Waals surface area contributed by atoms with E-state index in [1.165, 1.54) is 0 Å². The average molecular weight is 290 g/mol. The SMILES string of the molecule is CNC(=O)[C@H]1CCN(C(=O)CN(C)Cc2ccccn2)C1. The normalized spacial score (nSPS) is 18.0. The second kappa shape index (κ2) is 7.17. The van der Waals surface area contributed by atoms with E-state index in [4.69, 9.17) is 0 Å². The van der Waals surface area contributed by atoms with Gasteiger partial charge in [-0.25, -0.2) is 0 Å². The van der Waals surface area contributed by atoms with Crippen molar-refractivity contribution in [1.82, 2.24) is 20.1 Å². The molecule has 1 N–H and O–H groups in total. The molecule has 1 aromatic rings. The third-order valence-corrected chi connectivity index (χ3v) is 3.72. The van der Waals surface area contributed by atoms with E-state index in [1.807, 2.05) is 30.1 Å². The predicted molar refractivity (Wildman–Crippen MR) is 79.3 cm³/mol. The summed E-state index contributed by atoms with van der Waals surface area (Å²) in [7, 11) is 3.53. The van der Waals surface area contributed by atoms with Crippen molar-refractivity contribution in [2.45, 2.75) is 13.0 Å². The van der Waals surface area contributed by atoms with E-state index in [0.29, 0.717) is 26.2 Å². The third-order valence-electron chi connectivity index (χ3n) is 3.72.